The predicted octanol–water partition coefficient (Wildman–Crippen LogP) is 0.491. The van der Waals surface area contributed by atoms with E-state index in [2.05, 4.69) is 14.9 Å². The molecule has 0 spiro atoms. The molecule has 114 valence electrons. The maximum absolute atomic E-state index is 11.3. The van der Waals surface area contributed by atoms with Crippen molar-refractivity contribution in [3.8, 4) is 0 Å². The average molecular weight is 292 g/mol. The Labute approximate surface area is 123 Å². The number of aliphatic hydroxyl groups excluding tert-OH is 1. The van der Waals surface area contributed by atoms with Gasteiger partial charge in [-0.15, -0.1) is 0 Å². The second kappa shape index (κ2) is 5.85. The first kappa shape index (κ1) is 14.1. The summed E-state index contributed by atoms with van der Waals surface area (Å²) in [6.07, 6.45) is 4.98. The zero-order chi connectivity index (χ0) is 14.8. The molecular weight excluding hydrogens is 272 g/mol. The lowest BCUT2D eigenvalue weighted by atomic mass is 10.2. The lowest BCUT2D eigenvalue weighted by molar-refractivity contribution is -0.138. The number of hydrogen-bond acceptors (Lipinski definition) is 6. The Kier molecular flexibility index (Phi) is 3.92. The molecular formula is C14H20N4O3. The molecule has 2 aliphatic rings. The van der Waals surface area contributed by atoms with Gasteiger partial charge in [-0.1, -0.05) is 0 Å². The van der Waals surface area contributed by atoms with Crippen molar-refractivity contribution >= 4 is 17.6 Å². The first-order valence-corrected chi connectivity index (χ1v) is 7.39. The highest BCUT2D eigenvalue weighted by atomic mass is 16.4. The second-order valence-corrected chi connectivity index (χ2v) is 5.60. The van der Waals surface area contributed by atoms with E-state index in [0.717, 1.165) is 31.6 Å². The fourth-order valence-electron chi connectivity index (χ4n) is 3.28. The highest BCUT2D eigenvalue weighted by molar-refractivity contribution is 5.78. The second-order valence-electron chi connectivity index (χ2n) is 5.60. The number of nitrogens with zero attached hydrogens (tertiary/aromatic N) is 4. The third-order valence-electron chi connectivity index (χ3n) is 4.35. The number of rotatable bonds is 4. The van der Waals surface area contributed by atoms with E-state index in [1.807, 2.05) is 11.0 Å². The van der Waals surface area contributed by atoms with Gasteiger partial charge < -0.3 is 20.0 Å². The molecule has 2 N–H and O–H groups in total. The Morgan fingerprint density at radius 1 is 1.19 bits per heavy atom. The highest BCUT2D eigenvalue weighted by Crippen LogP contribution is 2.29. The molecule has 2 fully saturated rings. The average Bonchev–Trinajstić information content (AvgIpc) is 3.16. The van der Waals surface area contributed by atoms with E-state index in [0.29, 0.717) is 18.8 Å². The van der Waals surface area contributed by atoms with E-state index in [4.69, 9.17) is 0 Å². The third kappa shape index (κ3) is 2.65. The summed E-state index contributed by atoms with van der Waals surface area (Å²) in [4.78, 5) is 23.7. The van der Waals surface area contributed by atoms with Crippen LogP contribution in [0.1, 0.15) is 25.7 Å². The Hall–Kier alpha value is -1.89. The van der Waals surface area contributed by atoms with Crippen molar-refractivity contribution in [2.24, 2.45) is 0 Å². The standard InChI is InChI=1S/C14H20N4O3/c19-8-10-3-1-5-17(10)12-7-13(16-9-15-12)18-6-2-4-11(18)14(20)21/h7,9-11,19H,1-6,8H2,(H,20,21). The minimum Gasteiger partial charge on any atom is -0.480 e. The molecule has 3 heterocycles. The van der Waals surface area contributed by atoms with Gasteiger partial charge in [-0.2, -0.15) is 0 Å². The summed E-state index contributed by atoms with van der Waals surface area (Å²) in [5.41, 5.74) is 0. The van der Waals surface area contributed by atoms with E-state index < -0.39 is 12.0 Å². The fourth-order valence-corrected chi connectivity index (χ4v) is 3.28. The van der Waals surface area contributed by atoms with Gasteiger partial charge in [0.1, 0.15) is 24.0 Å². The smallest absolute Gasteiger partial charge is 0.326 e. The van der Waals surface area contributed by atoms with Gasteiger partial charge in [0.15, 0.2) is 0 Å². The molecule has 0 radical (unpaired) electrons. The molecule has 2 unspecified atom stereocenters. The number of anilines is 2. The molecule has 2 saturated heterocycles. The number of carboxylic acids is 1. The summed E-state index contributed by atoms with van der Waals surface area (Å²) in [7, 11) is 0. The van der Waals surface area contributed by atoms with Crippen molar-refractivity contribution in [1.82, 2.24) is 9.97 Å². The molecule has 1 aromatic heterocycles. The summed E-state index contributed by atoms with van der Waals surface area (Å²) < 4.78 is 0. The van der Waals surface area contributed by atoms with Crippen LogP contribution in [0.2, 0.25) is 0 Å². The maximum Gasteiger partial charge on any atom is 0.326 e. The monoisotopic (exact) mass is 292 g/mol. The first-order valence-electron chi connectivity index (χ1n) is 7.39. The van der Waals surface area contributed by atoms with Crippen LogP contribution in [0.25, 0.3) is 0 Å². The van der Waals surface area contributed by atoms with Gasteiger partial charge in [-0.25, -0.2) is 14.8 Å². The van der Waals surface area contributed by atoms with Gasteiger partial charge in [0.25, 0.3) is 0 Å². The van der Waals surface area contributed by atoms with Crippen LogP contribution < -0.4 is 9.80 Å². The van der Waals surface area contributed by atoms with Crippen molar-refractivity contribution in [3.05, 3.63) is 12.4 Å². The number of hydrogen-bond donors (Lipinski definition) is 2. The summed E-state index contributed by atoms with van der Waals surface area (Å²) in [6.45, 7) is 1.68. The van der Waals surface area contributed by atoms with E-state index >= 15 is 0 Å². The molecule has 0 saturated carbocycles. The van der Waals surface area contributed by atoms with Crippen LogP contribution in [-0.4, -0.2) is 57.9 Å². The van der Waals surface area contributed by atoms with E-state index in [1.165, 1.54) is 6.33 Å². The van der Waals surface area contributed by atoms with E-state index in [9.17, 15) is 15.0 Å². The topological polar surface area (TPSA) is 89.8 Å². The van der Waals surface area contributed by atoms with Gasteiger partial charge in [-0.05, 0) is 25.7 Å². The van der Waals surface area contributed by atoms with Crippen molar-refractivity contribution in [1.29, 1.82) is 0 Å². The van der Waals surface area contributed by atoms with Crippen molar-refractivity contribution in [2.75, 3.05) is 29.5 Å². The summed E-state index contributed by atoms with van der Waals surface area (Å²) in [5, 5.41) is 18.7. The van der Waals surface area contributed by atoms with E-state index in [1.54, 1.807) is 0 Å². The summed E-state index contributed by atoms with van der Waals surface area (Å²) >= 11 is 0. The van der Waals surface area contributed by atoms with Gasteiger partial charge in [0.2, 0.25) is 0 Å². The van der Waals surface area contributed by atoms with Gasteiger partial charge in [-0.3, -0.25) is 0 Å². The molecule has 7 nitrogen and oxygen atoms in total. The Morgan fingerprint density at radius 2 is 1.86 bits per heavy atom. The van der Waals surface area contributed by atoms with E-state index in [-0.39, 0.29) is 12.6 Å². The van der Waals surface area contributed by atoms with Crippen LogP contribution in [0.3, 0.4) is 0 Å². The molecule has 2 atom stereocenters. The molecule has 2 aliphatic heterocycles. The van der Waals surface area contributed by atoms with Crippen LogP contribution in [0.4, 0.5) is 11.6 Å². The third-order valence-corrected chi connectivity index (χ3v) is 4.35. The zero-order valence-electron chi connectivity index (χ0n) is 11.9. The molecule has 0 aromatic carbocycles. The number of carboxylic acid groups (broad SMARTS) is 1. The van der Waals surface area contributed by atoms with Crippen LogP contribution >= 0.6 is 0 Å². The SMILES string of the molecule is O=C(O)C1CCCN1c1cc(N2CCCC2CO)ncn1. The normalized spacial score (nSPS) is 25.6. The quantitative estimate of drug-likeness (QED) is 0.834. The first-order chi connectivity index (χ1) is 10.2. The molecule has 7 heteroatoms. The van der Waals surface area contributed by atoms with Crippen molar-refractivity contribution in [2.45, 2.75) is 37.8 Å². The minimum atomic E-state index is -0.804. The summed E-state index contributed by atoms with van der Waals surface area (Å²) in [6, 6.07) is 1.44. The number of aliphatic hydroxyl groups is 1. The van der Waals surface area contributed by atoms with Crippen LogP contribution in [-0.2, 0) is 4.79 Å². The largest absolute Gasteiger partial charge is 0.480 e. The lowest BCUT2D eigenvalue weighted by Gasteiger charge is -2.26. The Bertz CT molecular complexity index is 525. The highest BCUT2D eigenvalue weighted by Gasteiger charge is 2.32. The molecule has 0 aliphatic carbocycles. The Morgan fingerprint density at radius 3 is 2.57 bits per heavy atom. The summed E-state index contributed by atoms with van der Waals surface area (Å²) in [5.74, 6) is 0.628. The van der Waals surface area contributed by atoms with Gasteiger partial charge in [0.05, 0.1) is 12.6 Å². The fraction of sp³-hybridized carbons (Fsp3) is 0.643. The number of aromatic nitrogens is 2. The van der Waals surface area contributed by atoms with Crippen LogP contribution in [0, 0.1) is 0 Å². The minimum absolute atomic E-state index is 0.0987. The van der Waals surface area contributed by atoms with Crippen molar-refractivity contribution in [3.63, 3.8) is 0 Å². The molecule has 0 bridgehead atoms. The maximum atomic E-state index is 11.3. The lowest BCUT2D eigenvalue weighted by Crippen LogP contribution is -2.37. The van der Waals surface area contributed by atoms with Gasteiger partial charge >= 0.3 is 5.97 Å². The van der Waals surface area contributed by atoms with Crippen LogP contribution in [0.5, 0.6) is 0 Å². The Balaban J connectivity index is 1.84. The van der Waals surface area contributed by atoms with Gasteiger partial charge in [0, 0.05) is 19.2 Å². The predicted molar refractivity (Wildman–Crippen MR) is 77.5 cm³/mol. The molecule has 1 aromatic rings. The van der Waals surface area contributed by atoms with Crippen molar-refractivity contribution < 1.29 is 15.0 Å². The molecule has 0 amide bonds. The van der Waals surface area contributed by atoms with Crippen LogP contribution in [0.15, 0.2) is 12.4 Å². The zero-order valence-corrected chi connectivity index (χ0v) is 11.9. The molecule has 21 heavy (non-hydrogen) atoms. The number of carbonyl (C=O) groups is 1. The molecule has 3 rings (SSSR count). The number of aliphatic carboxylic acids is 1.